The van der Waals surface area contributed by atoms with Crippen molar-refractivity contribution >= 4 is 5.97 Å². The summed E-state index contributed by atoms with van der Waals surface area (Å²) in [6.45, 7) is 11.2. The van der Waals surface area contributed by atoms with Crippen molar-refractivity contribution in [2.45, 2.75) is 65.9 Å². The third kappa shape index (κ3) is 7.53. The normalized spacial score (nSPS) is 16.8. The zero-order valence-electron chi connectivity index (χ0n) is 13.3. The molecule has 0 rings (SSSR count). The van der Waals surface area contributed by atoms with Crippen LogP contribution in [0.1, 0.15) is 60.3 Å². The molecular weight excluding hydrogens is 240 g/mol. The third-order valence-electron chi connectivity index (χ3n) is 3.65. The van der Waals surface area contributed by atoms with Gasteiger partial charge in [-0.1, -0.05) is 13.8 Å². The van der Waals surface area contributed by atoms with Crippen molar-refractivity contribution < 1.29 is 9.53 Å². The summed E-state index contributed by atoms with van der Waals surface area (Å²) in [5.74, 6) is 0.293. The van der Waals surface area contributed by atoms with Gasteiger partial charge in [0, 0.05) is 6.42 Å². The molecule has 0 aliphatic rings. The Labute approximate surface area is 118 Å². The molecule has 4 N–H and O–H groups in total. The van der Waals surface area contributed by atoms with E-state index in [0.29, 0.717) is 25.4 Å². The topological polar surface area (TPSA) is 78.3 Å². The van der Waals surface area contributed by atoms with Crippen LogP contribution in [0.2, 0.25) is 0 Å². The number of rotatable bonds is 8. The van der Waals surface area contributed by atoms with Gasteiger partial charge >= 0.3 is 5.97 Å². The van der Waals surface area contributed by atoms with Gasteiger partial charge < -0.3 is 16.2 Å². The van der Waals surface area contributed by atoms with Gasteiger partial charge in [-0.25, -0.2) is 0 Å². The average Bonchev–Trinajstić information content (AvgIpc) is 2.32. The van der Waals surface area contributed by atoms with Crippen LogP contribution in [0.15, 0.2) is 0 Å². The first-order chi connectivity index (χ1) is 8.68. The summed E-state index contributed by atoms with van der Waals surface area (Å²) in [5, 5.41) is 0. The molecule has 0 spiro atoms. The molecule has 0 aromatic rings. The number of carbonyl (C=O) groups excluding carboxylic acids is 1. The zero-order chi connectivity index (χ0) is 15.1. The molecule has 0 bridgehead atoms. The first kappa shape index (κ1) is 18.4. The number of carbonyl (C=O) groups is 1. The standard InChI is InChI=1S/C15H32N2O2/c1-6-15(11-17,9-12(2)10-16)8-7-13(18)19-14(3,4)5/h12H,6-11,16-17H2,1-5H3. The van der Waals surface area contributed by atoms with Crippen LogP contribution in [0, 0.1) is 11.3 Å². The van der Waals surface area contributed by atoms with Gasteiger partial charge in [-0.15, -0.1) is 0 Å². The van der Waals surface area contributed by atoms with Crippen molar-refractivity contribution in [1.82, 2.24) is 0 Å². The van der Waals surface area contributed by atoms with Crippen molar-refractivity contribution in [1.29, 1.82) is 0 Å². The smallest absolute Gasteiger partial charge is 0.306 e. The van der Waals surface area contributed by atoms with E-state index in [1.807, 2.05) is 20.8 Å². The van der Waals surface area contributed by atoms with E-state index in [2.05, 4.69) is 13.8 Å². The summed E-state index contributed by atoms with van der Waals surface area (Å²) in [5.41, 5.74) is 11.2. The molecule has 0 amide bonds. The summed E-state index contributed by atoms with van der Waals surface area (Å²) in [7, 11) is 0. The molecule has 114 valence electrons. The summed E-state index contributed by atoms with van der Waals surface area (Å²) in [4.78, 5) is 11.8. The van der Waals surface area contributed by atoms with Crippen molar-refractivity contribution in [3.05, 3.63) is 0 Å². The van der Waals surface area contributed by atoms with E-state index in [9.17, 15) is 4.79 Å². The molecule has 2 unspecified atom stereocenters. The Hall–Kier alpha value is -0.610. The first-order valence-electron chi connectivity index (χ1n) is 7.30. The minimum Gasteiger partial charge on any atom is -0.460 e. The fourth-order valence-corrected chi connectivity index (χ4v) is 2.34. The van der Waals surface area contributed by atoms with Gasteiger partial charge in [-0.05, 0) is 64.5 Å². The molecule has 0 aliphatic carbocycles. The summed E-state index contributed by atoms with van der Waals surface area (Å²) >= 11 is 0. The Balaban J connectivity index is 4.47. The molecular formula is C15H32N2O2. The molecule has 4 nitrogen and oxygen atoms in total. The lowest BCUT2D eigenvalue weighted by molar-refractivity contribution is -0.155. The minimum absolute atomic E-state index is 0.00961. The molecule has 4 heteroatoms. The van der Waals surface area contributed by atoms with Gasteiger partial charge in [0.05, 0.1) is 0 Å². The van der Waals surface area contributed by atoms with E-state index in [4.69, 9.17) is 16.2 Å². The van der Waals surface area contributed by atoms with Crippen molar-refractivity contribution in [2.75, 3.05) is 13.1 Å². The van der Waals surface area contributed by atoms with Crippen molar-refractivity contribution in [2.24, 2.45) is 22.8 Å². The van der Waals surface area contributed by atoms with Gasteiger partial charge in [0.25, 0.3) is 0 Å². The highest BCUT2D eigenvalue weighted by molar-refractivity contribution is 5.69. The Morgan fingerprint density at radius 2 is 1.84 bits per heavy atom. The summed E-state index contributed by atoms with van der Waals surface area (Å²) in [6.07, 6.45) is 3.15. The van der Waals surface area contributed by atoms with Gasteiger partial charge in [0.15, 0.2) is 0 Å². The monoisotopic (exact) mass is 272 g/mol. The highest BCUT2D eigenvalue weighted by Crippen LogP contribution is 2.34. The summed E-state index contributed by atoms with van der Waals surface area (Å²) < 4.78 is 5.35. The predicted molar refractivity (Wildman–Crippen MR) is 79.7 cm³/mol. The van der Waals surface area contributed by atoms with Crippen LogP contribution < -0.4 is 11.5 Å². The van der Waals surface area contributed by atoms with Crippen molar-refractivity contribution in [3.8, 4) is 0 Å². The zero-order valence-corrected chi connectivity index (χ0v) is 13.3. The van der Waals surface area contributed by atoms with E-state index in [1.165, 1.54) is 0 Å². The fraction of sp³-hybridized carbons (Fsp3) is 0.933. The number of hydrogen-bond donors (Lipinski definition) is 2. The summed E-state index contributed by atoms with van der Waals surface area (Å²) in [6, 6.07) is 0. The fourth-order valence-electron chi connectivity index (χ4n) is 2.34. The third-order valence-corrected chi connectivity index (χ3v) is 3.65. The van der Waals surface area contributed by atoms with Crippen LogP contribution in [0.25, 0.3) is 0 Å². The van der Waals surface area contributed by atoms with Gasteiger partial charge in [-0.2, -0.15) is 0 Å². The second-order valence-electron chi connectivity index (χ2n) is 6.69. The van der Waals surface area contributed by atoms with E-state index in [0.717, 1.165) is 19.3 Å². The Morgan fingerprint density at radius 3 is 2.21 bits per heavy atom. The highest BCUT2D eigenvalue weighted by Gasteiger charge is 2.30. The van der Waals surface area contributed by atoms with E-state index in [-0.39, 0.29) is 11.4 Å². The second-order valence-corrected chi connectivity index (χ2v) is 6.69. The second kappa shape index (κ2) is 7.85. The SMILES string of the molecule is CCC(CN)(CCC(=O)OC(C)(C)C)CC(C)CN. The number of ether oxygens (including phenoxy) is 1. The number of esters is 1. The van der Waals surface area contributed by atoms with Gasteiger partial charge in [0.1, 0.15) is 5.60 Å². The van der Waals surface area contributed by atoms with Gasteiger partial charge in [0.2, 0.25) is 0 Å². The first-order valence-corrected chi connectivity index (χ1v) is 7.30. The molecule has 0 heterocycles. The van der Waals surface area contributed by atoms with Crippen LogP contribution in [0.5, 0.6) is 0 Å². The molecule has 0 fully saturated rings. The van der Waals surface area contributed by atoms with Gasteiger partial charge in [-0.3, -0.25) is 4.79 Å². The van der Waals surface area contributed by atoms with Crippen LogP contribution >= 0.6 is 0 Å². The van der Waals surface area contributed by atoms with Crippen LogP contribution in [-0.4, -0.2) is 24.7 Å². The molecule has 0 aromatic carbocycles. The Morgan fingerprint density at radius 1 is 1.26 bits per heavy atom. The number of nitrogens with two attached hydrogens (primary N) is 2. The highest BCUT2D eigenvalue weighted by atomic mass is 16.6. The number of hydrogen-bond acceptors (Lipinski definition) is 4. The maximum absolute atomic E-state index is 11.8. The van der Waals surface area contributed by atoms with Crippen LogP contribution in [0.3, 0.4) is 0 Å². The lowest BCUT2D eigenvalue weighted by Gasteiger charge is -2.34. The Kier molecular flexibility index (Phi) is 7.60. The van der Waals surface area contributed by atoms with Crippen LogP contribution in [0.4, 0.5) is 0 Å². The quantitative estimate of drug-likeness (QED) is 0.665. The molecule has 0 aromatic heterocycles. The molecule has 0 aliphatic heterocycles. The largest absolute Gasteiger partial charge is 0.460 e. The molecule has 19 heavy (non-hydrogen) atoms. The molecule has 0 saturated heterocycles. The lowest BCUT2D eigenvalue weighted by atomic mass is 9.74. The van der Waals surface area contributed by atoms with E-state index < -0.39 is 5.60 Å². The predicted octanol–water partition coefficient (Wildman–Crippen LogP) is 2.45. The molecule has 0 radical (unpaired) electrons. The van der Waals surface area contributed by atoms with Crippen LogP contribution in [-0.2, 0) is 9.53 Å². The maximum atomic E-state index is 11.8. The van der Waals surface area contributed by atoms with E-state index in [1.54, 1.807) is 0 Å². The Bertz CT molecular complexity index is 268. The molecule has 2 atom stereocenters. The average molecular weight is 272 g/mol. The lowest BCUT2D eigenvalue weighted by Crippen LogP contribution is -2.34. The van der Waals surface area contributed by atoms with E-state index >= 15 is 0 Å². The maximum Gasteiger partial charge on any atom is 0.306 e. The molecule has 0 saturated carbocycles. The minimum atomic E-state index is -0.417. The van der Waals surface area contributed by atoms with Crippen molar-refractivity contribution in [3.63, 3.8) is 0 Å².